The van der Waals surface area contributed by atoms with Crippen molar-refractivity contribution >= 4 is 0 Å². The first kappa shape index (κ1) is 16.6. The van der Waals surface area contributed by atoms with Crippen molar-refractivity contribution < 1.29 is 13.9 Å². The van der Waals surface area contributed by atoms with Crippen LogP contribution < -0.4 is 5.73 Å². The molecule has 0 heterocycles. The van der Waals surface area contributed by atoms with Gasteiger partial charge in [0.2, 0.25) is 0 Å². The van der Waals surface area contributed by atoms with Gasteiger partial charge in [0.15, 0.2) is 0 Å². The van der Waals surface area contributed by atoms with Crippen LogP contribution in [0.1, 0.15) is 30.9 Å². The van der Waals surface area contributed by atoms with Crippen molar-refractivity contribution in [3.63, 3.8) is 0 Å². The number of unbranched alkanes of at least 4 members (excludes halogenated alkanes) is 1. The van der Waals surface area contributed by atoms with Gasteiger partial charge in [0, 0.05) is 12.2 Å². The molecule has 4 heteroatoms. The number of halogens is 1. The van der Waals surface area contributed by atoms with E-state index in [1.54, 1.807) is 6.07 Å². The third-order valence-electron chi connectivity index (χ3n) is 2.67. The summed E-state index contributed by atoms with van der Waals surface area (Å²) in [4.78, 5) is 0. The van der Waals surface area contributed by atoms with E-state index in [0.717, 1.165) is 25.0 Å². The zero-order chi connectivity index (χ0) is 14.6. The van der Waals surface area contributed by atoms with E-state index >= 15 is 0 Å². The standard InChI is InChI=1S/C16H22FNO2/c1-2-3-9-19-10-11-20-13-15-6-7-16(17)12-14(15)5-4-8-18/h6-7,12H,2-3,8-11,13,18H2,1H3. The summed E-state index contributed by atoms with van der Waals surface area (Å²) in [6.45, 7) is 4.63. The summed E-state index contributed by atoms with van der Waals surface area (Å²) in [5, 5.41) is 0. The molecule has 0 aliphatic carbocycles. The van der Waals surface area contributed by atoms with E-state index in [1.807, 2.05) is 0 Å². The van der Waals surface area contributed by atoms with Crippen LogP contribution in [0.25, 0.3) is 0 Å². The molecule has 0 spiro atoms. The van der Waals surface area contributed by atoms with Gasteiger partial charge in [-0.2, -0.15) is 0 Å². The highest BCUT2D eigenvalue weighted by Crippen LogP contribution is 2.11. The summed E-state index contributed by atoms with van der Waals surface area (Å²) < 4.78 is 24.1. The van der Waals surface area contributed by atoms with E-state index in [2.05, 4.69) is 18.8 Å². The summed E-state index contributed by atoms with van der Waals surface area (Å²) in [5.41, 5.74) is 6.82. The minimum atomic E-state index is -0.307. The van der Waals surface area contributed by atoms with Gasteiger partial charge in [-0.15, -0.1) is 0 Å². The highest BCUT2D eigenvalue weighted by Gasteiger charge is 2.02. The second-order valence-electron chi connectivity index (χ2n) is 4.33. The maximum atomic E-state index is 13.2. The third-order valence-corrected chi connectivity index (χ3v) is 2.67. The smallest absolute Gasteiger partial charge is 0.124 e. The Balaban J connectivity index is 2.39. The van der Waals surface area contributed by atoms with Crippen molar-refractivity contribution in [1.82, 2.24) is 0 Å². The van der Waals surface area contributed by atoms with Crippen LogP contribution in [-0.4, -0.2) is 26.4 Å². The third kappa shape index (κ3) is 6.67. The summed E-state index contributed by atoms with van der Waals surface area (Å²) in [6.07, 6.45) is 2.19. The Bertz CT molecular complexity index is 452. The molecule has 0 unspecified atom stereocenters. The van der Waals surface area contributed by atoms with Crippen molar-refractivity contribution in [2.45, 2.75) is 26.4 Å². The topological polar surface area (TPSA) is 44.5 Å². The second kappa shape index (κ2) is 10.4. The molecule has 0 saturated carbocycles. The predicted octanol–water partition coefficient (Wildman–Crippen LogP) is 2.47. The Morgan fingerprint density at radius 1 is 1.20 bits per heavy atom. The fourth-order valence-electron chi connectivity index (χ4n) is 1.59. The Labute approximate surface area is 120 Å². The number of ether oxygens (including phenoxy) is 2. The molecule has 0 aliphatic rings. The van der Waals surface area contributed by atoms with E-state index in [4.69, 9.17) is 15.2 Å². The monoisotopic (exact) mass is 279 g/mol. The van der Waals surface area contributed by atoms with Gasteiger partial charge in [-0.05, 0) is 24.1 Å². The van der Waals surface area contributed by atoms with Crippen LogP contribution in [0.15, 0.2) is 18.2 Å². The molecule has 1 rings (SSSR count). The highest BCUT2D eigenvalue weighted by atomic mass is 19.1. The van der Waals surface area contributed by atoms with Crippen molar-refractivity contribution in [2.24, 2.45) is 5.73 Å². The number of benzene rings is 1. The van der Waals surface area contributed by atoms with Crippen molar-refractivity contribution in [2.75, 3.05) is 26.4 Å². The minimum absolute atomic E-state index is 0.252. The molecule has 1 aromatic carbocycles. The first-order valence-corrected chi connectivity index (χ1v) is 6.90. The van der Waals surface area contributed by atoms with E-state index < -0.39 is 0 Å². The molecule has 20 heavy (non-hydrogen) atoms. The molecule has 3 nitrogen and oxygen atoms in total. The van der Waals surface area contributed by atoms with Crippen LogP contribution in [0.4, 0.5) is 4.39 Å². The lowest BCUT2D eigenvalue weighted by Gasteiger charge is -2.07. The SMILES string of the molecule is CCCCOCCOCc1ccc(F)cc1C#CCN. The van der Waals surface area contributed by atoms with Crippen LogP contribution in [-0.2, 0) is 16.1 Å². The Hall–Kier alpha value is -1.41. The molecule has 1 aromatic rings. The van der Waals surface area contributed by atoms with Gasteiger partial charge in [0.25, 0.3) is 0 Å². The molecule has 0 atom stereocenters. The summed E-state index contributed by atoms with van der Waals surface area (Å²) >= 11 is 0. The Kier molecular flexibility index (Phi) is 8.64. The van der Waals surface area contributed by atoms with E-state index in [0.29, 0.717) is 25.4 Å². The quantitative estimate of drug-likeness (QED) is 0.587. The molecule has 2 N–H and O–H groups in total. The summed E-state index contributed by atoms with van der Waals surface area (Å²) in [7, 11) is 0. The van der Waals surface area contributed by atoms with E-state index in [-0.39, 0.29) is 12.4 Å². The molecular formula is C16H22FNO2. The Morgan fingerprint density at radius 2 is 2.00 bits per heavy atom. The fourth-order valence-corrected chi connectivity index (χ4v) is 1.59. The highest BCUT2D eigenvalue weighted by molar-refractivity contribution is 5.41. The maximum Gasteiger partial charge on any atom is 0.124 e. The molecule has 110 valence electrons. The van der Waals surface area contributed by atoms with Gasteiger partial charge in [0.05, 0.1) is 26.4 Å². The molecule has 0 bridgehead atoms. The van der Waals surface area contributed by atoms with Crippen LogP contribution >= 0.6 is 0 Å². The van der Waals surface area contributed by atoms with Gasteiger partial charge in [-0.1, -0.05) is 31.3 Å². The molecule has 0 radical (unpaired) electrons. The van der Waals surface area contributed by atoms with Crippen molar-refractivity contribution in [3.05, 3.63) is 35.1 Å². The van der Waals surface area contributed by atoms with Crippen molar-refractivity contribution in [3.8, 4) is 11.8 Å². The number of hydrogen-bond acceptors (Lipinski definition) is 3. The van der Waals surface area contributed by atoms with Gasteiger partial charge >= 0.3 is 0 Å². The number of hydrogen-bond donors (Lipinski definition) is 1. The van der Waals surface area contributed by atoms with E-state index in [1.165, 1.54) is 12.1 Å². The second-order valence-corrected chi connectivity index (χ2v) is 4.33. The fraction of sp³-hybridized carbons (Fsp3) is 0.500. The first-order chi connectivity index (χ1) is 9.77. The molecule has 0 fully saturated rings. The van der Waals surface area contributed by atoms with Crippen LogP contribution in [0.2, 0.25) is 0 Å². The van der Waals surface area contributed by atoms with Crippen molar-refractivity contribution in [1.29, 1.82) is 0 Å². The van der Waals surface area contributed by atoms with Gasteiger partial charge < -0.3 is 15.2 Å². The Morgan fingerprint density at radius 3 is 2.75 bits per heavy atom. The molecule has 0 amide bonds. The number of rotatable bonds is 8. The average Bonchev–Trinajstić information content (AvgIpc) is 2.45. The lowest BCUT2D eigenvalue weighted by Crippen LogP contribution is -2.06. The molecular weight excluding hydrogens is 257 g/mol. The summed E-state index contributed by atoms with van der Waals surface area (Å²) in [6, 6.07) is 4.50. The minimum Gasteiger partial charge on any atom is -0.379 e. The van der Waals surface area contributed by atoms with Gasteiger partial charge in [-0.3, -0.25) is 0 Å². The van der Waals surface area contributed by atoms with Crippen LogP contribution in [0.3, 0.4) is 0 Å². The van der Waals surface area contributed by atoms with Crippen LogP contribution in [0.5, 0.6) is 0 Å². The van der Waals surface area contributed by atoms with Gasteiger partial charge in [-0.25, -0.2) is 4.39 Å². The zero-order valence-electron chi connectivity index (χ0n) is 12.0. The lowest BCUT2D eigenvalue weighted by molar-refractivity contribution is 0.0396. The average molecular weight is 279 g/mol. The zero-order valence-corrected chi connectivity index (χ0v) is 12.0. The lowest BCUT2D eigenvalue weighted by atomic mass is 10.1. The predicted molar refractivity (Wildman–Crippen MR) is 77.7 cm³/mol. The van der Waals surface area contributed by atoms with Gasteiger partial charge in [0.1, 0.15) is 5.82 Å². The number of nitrogens with two attached hydrogens (primary N) is 1. The van der Waals surface area contributed by atoms with E-state index in [9.17, 15) is 4.39 Å². The summed E-state index contributed by atoms with van der Waals surface area (Å²) in [5.74, 6) is 5.28. The van der Waals surface area contributed by atoms with Crippen LogP contribution in [0, 0.1) is 17.7 Å². The molecule has 0 saturated heterocycles. The maximum absolute atomic E-state index is 13.2. The first-order valence-electron chi connectivity index (χ1n) is 6.90. The molecule has 0 aliphatic heterocycles. The molecule has 0 aromatic heterocycles. The normalized spacial score (nSPS) is 10.2. The largest absolute Gasteiger partial charge is 0.379 e.